The molecule has 1 aliphatic heterocycles. The second kappa shape index (κ2) is 4.50. The lowest BCUT2D eigenvalue weighted by molar-refractivity contribution is 0.0569. The van der Waals surface area contributed by atoms with Gasteiger partial charge in [0.05, 0.1) is 10.2 Å². The molecular weight excluding hydrogens is 224 g/mol. The Morgan fingerprint density at radius 3 is 2.53 bits per heavy atom. The molecule has 1 spiro atoms. The molecule has 2 unspecified atom stereocenters. The Morgan fingerprint density at radius 2 is 1.93 bits per heavy atom. The lowest BCUT2D eigenvalue weighted by atomic mass is 9.82. The summed E-state index contributed by atoms with van der Waals surface area (Å²) >= 11 is 4.04. The van der Waals surface area contributed by atoms with E-state index in [9.17, 15) is 5.11 Å². The molecule has 1 heterocycles. The normalized spacial score (nSPS) is 39.8. The van der Waals surface area contributed by atoms with E-state index in [2.05, 4.69) is 13.8 Å². The van der Waals surface area contributed by atoms with Crippen LogP contribution in [0.15, 0.2) is 0 Å². The van der Waals surface area contributed by atoms with Crippen LogP contribution < -0.4 is 0 Å². The lowest BCUT2D eigenvalue weighted by Gasteiger charge is -2.39. The SMILES string of the molecule is CCCC1(C)CCC2(SCCCS2)C1O. The summed E-state index contributed by atoms with van der Waals surface area (Å²) in [5, 5.41) is 10.6. The van der Waals surface area contributed by atoms with Gasteiger partial charge in [-0.15, -0.1) is 23.5 Å². The fourth-order valence-corrected chi connectivity index (χ4v) is 6.65. The molecule has 3 heteroatoms. The van der Waals surface area contributed by atoms with Gasteiger partial charge in [0.15, 0.2) is 0 Å². The first kappa shape index (κ1) is 12.1. The van der Waals surface area contributed by atoms with Crippen LogP contribution in [0, 0.1) is 5.41 Å². The molecule has 88 valence electrons. The Kier molecular flexibility index (Phi) is 3.64. The largest absolute Gasteiger partial charge is 0.390 e. The zero-order chi connectivity index (χ0) is 10.9. The molecule has 1 N–H and O–H groups in total. The molecule has 1 nitrogen and oxygen atoms in total. The van der Waals surface area contributed by atoms with E-state index in [4.69, 9.17) is 0 Å². The van der Waals surface area contributed by atoms with Crippen molar-refractivity contribution < 1.29 is 5.11 Å². The van der Waals surface area contributed by atoms with Crippen LogP contribution in [0.25, 0.3) is 0 Å². The van der Waals surface area contributed by atoms with Gasteiger partial charge in [-0.25, -0.2) is 0 Å². The Labute approximate surface area is 102 Å². The first-order valence-corrected chi connectivity index (χ1v) is 8.06. The van der Waals surface area contributed by atoms with E-state index < -0.39 is 0 Å². The molecule has 2 aliphatic rings. The molecule has 1 aliphatic carbocycles. The van der Waals surface area contributed by atoms with Gasteiger partial charge in [-0.2, -0.15) is 0 Å². The maximum Gasteiger partial charge on any atom is 0.0874 e. The van der Waals surface area contributed by atoms with Crippen molar-refractivity contribution in [1.29, 1.82) is 0 Å². The van der Waals surface area contributed by atoms with Gasteiger partial charge in [0.1, 0.15) is 0 Å². The molecule has 0 radical (unpaired) electrons. The smallest absolute Gasteiger partial charge is 0.0874 e. The molecule has 1 saturated carbocycles. The highest BCUT2D eigenvalue weighted by atomic mass is 32.2. The van der Waals surface area contributed by atoms with Crippen molar-refractivity contribution in [3.05, 3.63) is 0 Å². The highest BCUT2D eigenvalue weighted by molar-refractivity contribution is 8.18. The zero-order valence-corrected chi connectivity index (χ0v) is 11.4. The van der Waals surface area contributed by atoms with Gasteiger partial charge in [-0.3, -0.25) is 0 Å². The fourth-order valence-electron chi connectivity index (χ4n) is 2.99. The average Bonchev–Trinajstić information content (AvgIpc) is 2.47. The van der Waals surface area contributed by atoms with Gasteiger partial charge < -0.3 is 5.11 Å². The van der Waals surface area contributed by atoms with Gasteiger partial charge in [-0.05, 0) is 42.6 Å². The number of rotatable bonds is 2. The summed E-state index contributed by atoms with van der Waals surface area (Å²) < 4.78 is 0.155. The van der Waals surface area contributed by atoms with Gasteiger partial charge in [0, 0.05) is 0 Å². The predicted octanol–water partition coefficient (Wildman–Crippen LogP) is 3.51. The second-order valence-corrected chi connectivity index (χ2v) is 8.28. The Bertz CT molecular complexity index is 226. The number of hydrogen-bond donors (Lipinski definition) is 1. The van der Waals surface area contributed by atoms with Crippen molar-refractivity contribution in [2.75, 3.05) is 11.5 Å². The first-order chi connectivity index (χ1) is 7.13. The third-order valence-electron chi connectivity index (χ3n) is 3.92. The molecule has 0 aromatic rings. The first-order valence-electron chi connectivity index (χ1n) is 6.09. The van der Waals surface area contributed by atoms with Crippen LogP contribution in [0.5, 0.6) is 0 Å². The van der Waals surface area contributed by atoms with Crippen molar-refractivity contribution in [2.45, 2.75) is 56.1 Å². The summed E-state index contributed by atoms with van der Waals surface area (Å²) in [4.78, 5) is 0. The standard InChI is InChI=1S/C12H22OS2/c1-3-5-11(2)6-7-12(10(11)13)14-8-4-9-15-12/h10,13H,3-9H2,1-2H3. The summed E-state index contributed by atoms with van der Waals surface area (Å²) in [6.45, 7) is 4.51. The number of hydrogen-bond acceptors (Lipinski definition) is 3. The minimum Gasteiger partial charge on any atom is -0.390 e. The monoisotopic (exact) mass is 246 g/mol. The molecular formula is C12H22OS2. The van der Waals surface area contributed by atoms with Gasteiger partial charge in [0.2, 0.25) is 0 Å². The van der Waals surface area contributed by atoms with Crippen molar-refractivity contribution >= 4 is 23.5 Å². The summed E-state index contributed by atoms with van der Waals surface area (Å²) in [6, 6.07) is 0. The second-order valence-electron chi connectivity index (χ2n) is 5.17. The third-order valence-corrected chi connectivity index (χ3v) is 7.45. The lowest BCUT2D eigenvalue weighted by Crippen LogP contribution is -2.41. The molecule has 2 rings (SSSR count). The maximum absolute atomic E-state index is 10.6. The van der Waals surface area contributed by atoms with Crippen molar-refractivity contribution in [2.24, 2.45) is 5.41 Å². The summed E-state index contributed by atoms with van der Waals surface area (Å²) in [7, 11) is 0. The van der Waals surface area contributed by atoms with E-state index in [1.165, 1.54) is 43.6 Å². The predicted molar refractivity (Wildman–Crippen MR) is 70.5 cm³/mol. The van der Waals surface area contributed by atoms with Gasteiger partial charge >= 0.3 is 0 Å². The topological polar surface area (TPSA) is 20.2 Å². The van der Waals surface area contributed by atoms with Gasteiger partial charge in [-0.1, -0.05) is 20.3 Å². The van der Waals surface area contributed by atoms with E-state index in [1.54, 1.807) is 0 Å². The van der Waals surface area contributed by atoms with E-state index in [1.807, 2.05) is 23.5 Å². The molecule has 2 atom stereocenters. The molecule has 0 bridgehead atoms. The zero-order valence-electron chi connectivity index (χ0n) is 9.79. The molecule has 0 aromatic heterocycles. The molecule has 2 fully saturated rings. The van der Waals surface area contributed by atoms with Crippen LogP contribution in [0.2, 0.25) is 0 Å². The minimum absolute atomic E-state index is 0.0970. The van der Waals surface area contributed by atoms with Crippen LogP contribution in [0.4, 0.5) is 0 Å². The summed E-state index contributed by atoms with van der Waals surface area (Å²) in [5.41, 5.74) is 0.187. The van der Waals surface area contributed by atoms with Crippen molar-refractivity contribution in [1.82, 2.24) is 0 Å². The third kappa shape index (κ3) is 2.07. The highest BCUT2D eigenvalue weighted by Gasteiger charge is 2.54. The van der Waals surface area contributed by atoms with Crippen LogP contribution in [-0.4, -0.2) is 26.8 Å². The minimum atomic E-state index is -0.0970. The Morgan fingerprint density at radius 1 is 1.27 bits per heavy atom. The van der Waals surface area contributed by atoms with E-state index in [-0.39, 0.29) is 15.6 Å². The number of aliphatic hydroxyl groups excluding tert-OH is 1. The van der Waals surface area contributed by atoms with E-state index >= 15 is 0 Å². The number of aliphatic hydroxyl groups is 1. The molecule has 0 aromatic carbocycles. The van der Waals surface area contributed by atoms with E-state index in [0.717, 1.165) is 0 Å². The van der Waals surface area contributed by atoms with Crippen LogP contribution in [-0.2, 0) is 0 Å². The fraction of sp³-hybridized carbons (Fsp3) is 1.00. The maximum atomic E-state index is 10.6. The quantitative estimate of drug-likeness (QED) is 0.805. The molecule has 0 amide bonds. The van der Waals surface area contributed by atoms with Gasteiger partial charge in [0.25, 0.3) is 0 Å². The van der Waals surface area contributed by atoms with Crippen LogP contribution in [0.1, 0.15) is 46.0 Å². The van der Waals surface area contributed by atoms with Crippen LogP contribution in [0.3, 0.4) is 0 Å². The Hall–Kier alpha value is 0.660. The molecule has 1 saturated heterocycles. The Balaban J connectivity index is 2.11. The number of thioether (sulfide) groups is 2. The van der Waals surface area contributed by atoms with Crippen molar-refractivity contribution in [3.8, 4) is 0 Å². The average molecular weight is 246 g/mol. The summed E-state index contributed by atoms with van der Waals surface area (Å²) in [6.07, 6.45) is 6.01. The van der Waals surface area contributed by atoms with E-state index in [0.29, 0.717) is 0 Å². The van der Waals surface area contributed by atoms with Crippen LogP contribution >= 0.6 is 23.5 Å². The highest BCUT2D eigenvalue weighted by Crippen LogP contribution is 2.59. The molecule has 15 heavy (non-hydrogen) atoms. The summed E-state index contributed by atoms with van der Waals surface area (Å²) in [5.74, 6) is 2.48. The van der Waals surface area contributed by atoms with Crippen molar-refractivity contribution in [3.63, 3.8) is 0 Å².